The average molecular weight is 465 g/mol. The molecule has 3 aromatic carbocycles. The number of thioether (sulfide) groups is 1. The van der Waals surface area contributed by atoms with Gasteiger partial charge in [0.05, 0.1) is 19.5 Å². The van der Waals surface area contributed by atoms with Crippen molar-refractivity contribution in [2.75, 3.05) is 24.9 Å². The Morgan fingerprint density at radius 3 is 2.27 bits per heavy atom. The second-order valence-corrected chi connectivity index (χ2v) is 8.70. The maximum atomic E-state index is 12.8. The number of ether oxygens (including phenoxy) is 2. The summed E-state index contributed by atoms with van der Waals surface area (Å²) >= 11 is 1.47. The third-order valence-electron chi connectivity index (χ3n) is 5.00. The maximum Gasteiger partial charge on any atom is 0.255 e. The molecular weight excluding hydrogens is 436 g/mol. The number of hydrogen-bond donors (Lipinski definition) is 2. The van der Waals surface area contributed by atoms with E-state index in [-0.39, 0.29) is 17.1 Å². The molecule has 0 saturated carbocycles. The van der Waals surface area contributed by atoms with Crippen LogP contribution < -0.4 is 20.1 Å². The Morgan fingerprint density at radius 1 is 0.879 bits per heavy atom. The van der Waals surface area contributed by atoms with E-state index in [9.17, 15) is 9.59 Å². The van der Waals surface area contributed by atoms with Gasteiger partial charge in [-0.05, 0) is 61.9 Å². The van der Waals surface area contributed by atoms with Gasteiger partial charge >= 0.3 is 0 Å². The van der Waals surface area contributed by atoms with E-state index in [0.29, 0.717) is 29.2 Å². The van der Waals surface area contributed by atoms with Crippen LogP contribution >= 0.6 is 11.8 Å². The topological polar surface area (TPSA) is 76.7 Å². The van der Waals surface area contributed by atoms with Crippen LogP contribution in [0.3, 0.4) is 0 Å². The smallest absolute Gasteiger partial charge is 0.255 e. The number of carbonyl (C=O) groups is 2. The highest BCUT2D eigenvalue weighted by molar-refractivity contribution is 8.00. The summed E-state index contributed by atoms with van der Waals surface area (Å²) in [5, 5.41) is 5.62. The summed E-state index contributed by atoms with van der Waals surface area (Å²) in [5.41, 5.74) is 3.02. The van der Waals surface area contributed by atoms with Crippen LogP contribution in [0.1, 0.15) is 29.3 Å². The number of amides is 2. The molecule has 0 aromatic heterocycles. The molecule has 1 atom stereocenters. The molecule has 6 nitrogen and oxygen atoms in total. The van der Waals surface area contributed by atoms with E-state index in [1.807, 2.05) is 62.4 Å². The van der Waals surface area contributed by atoms with E-state index in [1.54, 1.807) is 25.3 Å². The lowest BCUT2D eigenvalue weighted by atomic mass is 10.2. The molecule has 0 saturated heterocycles. The Bertz CT molecular complexity index is 1120. The number of carbonyl (C=O) groups excluding carboxylic acids is 2. The van der Waals surface area contributed by atoms with Crippen LogP contribution in [-0.2, 0) is 4.79 Å². The van der Waals surface area contributed by atoms with Crippen LogP contribution in [0.15, 0.2) is 71.6 Å². The molecule has 0 heterocycles. The standard InChI is InChI=1S/C26H28N2O4S/c1-5-24(26(30)27-19-12-9-17(2)10-13-19)33-21-8-6-7-20(16-21)28-25(29)18-11-14-22(31-3)23(15-18)32-4/h6-16,24H,5H2,1-4H3,(H,27,30)(H,28,29). The minimum atomic E-state index is -0.262. The molecule has 7 heteroatoms. The molecule has 2 N–H and O–H groups in total. The van der Waals surface area contributed by atoms with Crippen molar-refractivity contribution in [3.05, 3.63) is 77.9 Å². The first kappa shape index (κ1) is 24.2. The number of nitrogens with one attached hydrogen (secondary N) is 2. The molecule has 0 fully saturated rings. The van der Waals surface area contributed by atoms with Crippen molar-refractivity contribution < 1.29 is 19.1 Å². The Balaban J connectivity index is 1.67. The van der Waals surface area contributed by atoms with Crippen molar-refractivity contribution in [3.8, 4) is 11.5 Å². The zero-order chi connectivity index (χ0) is 23.8. The summed E-state index contributed by atoms with van der Waals surface area (Å²) in [5.74, 6) is 0.732. The Morgan fingerprint density at radius 2 is 1.61 bits per heavy atom. The number of aryl methyl sites for hydroxylation is 1. The molecule has 1 unspecified atom stereocenters. The summed E-state index contributed by atoms with van der Waals surface area (Å²) in [6, 6.07) is 20.2. The van der Waals surface area contributed by atoms with Gasteiger partial charge in [-0.1, -0.05) is 30.7 Å². The van der Waals surface area contributed by atoms with Crippen molar-refractivity contribution in [2.45, 2.75) is 30.4 Å². The molecule has 0 aliphatic heterocycles. The van der Waals surface area contributed by atoms with Crippen molar-refractivity contribution in [2.24, 2.45) is 0 Å². The molecule has 0 bridgehead atoms. The van der Waals surface area contributed by atoms with Gasteiger partial charge in [0.25, 0.3) is 5.91 Å². The normalized spacial score (nSPS) is 11.4. The molecule has 2 amide bonds. The first-order chi connectivity index (χ1) is 15.9. The third-order valence-corrected chi connectivity index (χ3v) is 6.36. The lowest BCUT2D eigenvalue weighted by molar-refractivity contribution is -0.115. The van der Waals surface area contributed by atoms with Gasteiger partial charge in [0, 0.05) is 21.8 Å². The third kappa shape index (κ3) is 6.52. The molecule has 0 radical (unpaired) electrons. The molecule has 33 heavy (non-hydrogen) atoms. The first-order valence-electron chi connectivity index (χ1n) is 10.6. The van der Waals surface area contributed by atoms with E-state index in [0.717, 1.165) is 16.1 Å². The van der Waals surface area contributed by atoms with Gasteiger partial charge in [0.15, 0.2) is 11.5 Å². The molecule has 3 aromatic rings. The van der Waals surface area contributed by atoms with Gasteiger partial charge in [0.2, 0.25) is 5.91 Å². The molecule has 3 rings (SSSR count). The SMILES string of the molecule is CCC(Sc1cccc(NC(=O)c2ccc(OC)c(OC)c2)c1)C(=O)Nc1ccc(C)cc1. The van der Waals surface area contributed by atoms with Crippen molar-refractivity contribution in [1.29, 1.82) is 0 Å². The number of methoxy groups -OCH3 is 2. The molecule has 0 aliphatic carbocycles. The zero-order valence-electron chi connectivity index (χ0n) is 19.2. The predicted octanol–water partition coefficient (Wildman–Crippen LogP) is 5.77. The predicted molar refractivity (Wildman–Crippen MR) is 134 cm³/mol. The van der Waals surface area contributed by atoms with Crippen molar-refractivity contribution in [1.82, 2.24) is 0 Å². The summed E-state index contributed by atoms with van der Waals surface area (Å²) in [6.07, 6.45) is 0.671. The van der Waals surface area contributed by atoms with Gasteiger partial charge in [0.1, 0.15) is 0 Å². The van der Waals surface area contributed by atoms with Crippen LogP contribution in [-0.4, -0.2) is 31.3 Å². The van der Waals surface area contributed by atoms with E-state index in [4.69, 9.17) is 9.47 Å². The average Bonchev–Trinajstić information content (AvgIpc) is 2.83. The van der Waals surface area contributed by atoms with E-state index < -0.39 is 0 Å². The highest BCUT2D eigenvalue weighted by Gasteiger charge is 2.19. The highest BCUT2D eigenvalue weighted by atomic mass is 32.2. The summed E-state index contributed by atoms with van der Waals surface area (Å²) in [7, 11) is 3.07. The van der Waals surface area contributed by atoms with Crippen LogP contribution in [0, 0.1) is 6.92 Å². The molecular formula is C26H28N2O4S. The lowest BCUT2D eigenvalue weighted by Gasteiger charge is -2.16. The fourth-order valence-corrected chi connectivity index (χ4v) is 4.19. The van der Waals surface area contributed by atoms with E-state index in [2.05, 4.69) is 10.6 Å². The van der Waals surface area contributed by atoms with Gasteiger partial charge in [-0.2, -0.15) is 0 Å². The maximum absolute atomic E-state index is 12.8. The minimum absolute atomic E-state index is 0.0499. The number of anilines is 2. The molecule has 0 aliphatic rings. The fraction of sp³-hybridized carbons (Fsp3) is 0.231. The Labute approximate surface area is 198 Å². The summed E-state index contributed by atoms with van der Waals surface area (Å²) in [6.45, 7) is 3.99. The number of hydrogen-bond acceptors (Lipinski definition) is 5. The molecule has 172 valence electrons. The van der Waals surface area contributed by atoms with Crippen LogP contribution in [0.2, 0.25) is 0 Å². The summed E-state index contributed by atoms with van der Waals surface area (Å²) < 4.78 is 10.5. The Kier molecular flexibility index (Phi) is 8.38. The van der Waals surface area contributed by atoms with Gasteiger partial charge < -0.3 is 20.1 Å². The van der Waals surface area contributed by atoms with Crippen LogP contribution in [0.5, 0.6) is 11.5 Å². The quantitative estimate of drug-likeness (QED) is 0.393. The number of benzene rings is 3. The zero-order valence-corrected chi connectivity index (χ0v) is 20.0. The second kappa shape index (κ2) is 11.4. The fourth-order valence-electron chi connectivity index (χ4n) is 3.17. The second-order valence-electron chi connectivity index (χ2n) is 7.42. The van der Waals surface area contributed by atoms with Crippen LogP contribution in [0.4, 0.5) is 11.4 Å². The first-order valence-corrected chi connectivity index (χ1v) is 11.5. The van der Waals surface area contributed by atoms with E-state index >= 15 is 0 Å². The lowest BCUT2D eigenvalue weighted by Crippen LogP contribution is -2.24. The highest BCUT2D eigenvalue weighted by Crippen LogP contribution is 2.30. The van der Waals surface area contributed by atoms with E-state index in [1.165, 1.54) is 18.9 Å². The minimum Gasteiger partial charge on any atom is -0.493 e. The monoisotopic (exact) mass is 464 g/mol. The Hall–Kier alpha value is -3.45. The van der Waals surface area contributed by atoms with Gasteiger partial charge in [-0.3, -0.25) is 9.59 Å². The largest absolute Gasteiger partial charge is 0.493 e. The van der Waals surface area contributed by atoms with Crippen LogP contribution in [0.25, 0.3) is 0 Å². The van der Waals surface area contributed by atoms with Crippen molar-refractivity contribution in [3.63, 3.8) is 0 Å². The van der Waals surface area contributed by atoms with Gasteiger partial charge in [-0.15, -0.1) is 11.8 Å². The van der Waals surface area contributed by atoms with Crippen molar-refractivity contribution >= 4 is 35.0 Å². The van der Waals surface area contributed by atoms with Gasteiger partial charge in [-0.25, -0.2) is 0 Å². The summed E-state index contributed by atoms with van der Waals surface area (Å²) in [4.78, 5) is 26.4. The number of rotatable bonds is 9. The molecule has 0 spiro atoms.